The standard InChI is InChI=1S/C27H26N4O4S/c1-35-26(32)13-10-21-5-2-6-23(17-21)20-31(36(33,34)25-7-3-14-28-18-25)19-22-8-11-24(12-9-22)27-29-15-4-16-30-27/h2-9,11-12,14-18H,10,13,19-20H2,1H3. The molecule has 0 fully saturated rings. The van der Waals surface area contributed by atoms with Gasteiger partial charge in [-0.1, -0.05) is 48.5 Å². The van der Waals surface area contributed by atoms with Gasteiger partial charge in [-0.25, -0.2) is 18.4 Å². The van der Waals surface area contributed by atoms with Crippen molar-refractivity contribution < 1.29 is 17.9 Å². The normalized spacial score (nSPS) is 11.4. The van der Waals surface area contributed by atoms with Gasteiger partial charge in [-0.15, -0.1) is 0 Å². The van der Waals surface area contributed by atoms with Gasteiger partial charge in [-0.3, -0.25) is 9.78 Å². The van der Waals surface area contributed by atoms with E-state index in [2.05, 4.69) is 15.0 Å². The number of pyridine rings is 1. The molecule has 0 atom stereocenters. The molecule has 0 radical (unpaired) electrons. The van der Waals surface area contributed by atoms with Crippen LogP contribution in [-0.4, -0.2) is 40.8 Å². The third-order valence-electron chi connectivity index (χ3n) is 5.60. The first kappa shape index (κ1) is 25.2. The molecule has 0 bridgehead atoms. The van der Waals surface area contributed by atoms with Gasteiger partial charge in [-0.05, 0) is 41.3 Å². The first-order chi connectivity index (χ1) is 17.5. The molecule has 36 heavy (non-hydrogen) atoms. The number of nitrogens with zero attached hydrogens (tertiary/aromatic N) is 4. The summed E-state index contributed by atoms with van der Waals surface area (Å²) in [6.07, 6.45) is 7.02. The summed E-state index contributed by atoms with van der Waals surface area (Å²) in [4.78, 5) is 24.2. The molecule has 184 valence electrons. The summed E-state index contributed by atoms with van der Waals surface area (Å²) in [7, 11) is -2.47. The molecule has 0 spiro atoms. The van der Waals surface area contributed by atoms with Crippen molar-refractivity contribution >= 4 is 16.0 Å². The number of aryl methyl sites for hydroxylation is 1. The van der Waals surface area contributed by atoms with Gasteiger partial charge < -0.3 is 4.74 Å². The molecule has 0 saturated heterocycles. The maximum absolute atomic E-state index is 13.6. The van der Waals surface area contributed by atoms with Gasteiger partial charge in [0.25, 0.3) is 0 Å². The smallest absolute Gasteiger partial charge is 0.305 e. The molecular formula is C27H26N4O4S. The highest BCUT2D eigenvalue weighted by atomic mass is 32.2. The lowest BCUT2D eigenvalue weighted by Crippen LogP contribution is -2.30. The zero-order valence-corrected chi connectivity index (χ0v) is 20.6. The highest BCUT2D eigenvalue weighted by Gasteiger charge is 2.25. The van der Waals surface area contributed by atoms with Gasteiger partial charge in [0.1, 0.15) is 4.90 Å². The van der Waals surface area contributed by atoms with Crippen LogP contribution in [0.2, 0.25) is 0 Å². The average Bonchev–Trinajstić information content (AvgIpc) is 2.93. The molecule has 0 amide bonds. The number of carbonyl (C=O) groups excluding carboxylic acids is 1. The van der Waals surface area contributed by atoms with Crippen molar-refractivity contribution in [1.29, 1.82) is 0 Å². The minimum atomic E-state index is -3.83. The van der Waals surface area contributed by atoms with E-state index >= 15 is 0 Å². The summed E-state index contributed by atoms with van der Waals surface area (Å²) in [5, 5.41) is 0. The molecule has 2 heterocycles. The Balaban J connectivity index is 1.60. The van der Waals surface area contributed by atoms with E-state index in [4.69, 9.17) is 4.74 Å². The number of ether oxygens (including phenoxy) is 1. The third-order valence-corrected chi connectivity index (χ3v) is 7.38. The van der Waals surface area contributed by atoms with Crippen LogP contribution >= 0.6 is 0 Å². The topological polar surface area (TPSA) is 102 Å². The van der Waals surface area contributed by atoms with Gasteiger partial charge >= 0.3 is 5.97 Å². The zero-order valence-electron chi connectivity index (χ0n) is 19.8. The van der Waals surface area contributed by atoms with Crippen molar-refractivity contribution in [2.75, 3.05) is 7.11 Å². The molecule has 2 aromatic carbocycles. The SMILES string of the molecule is COC(=O)CCc1cccc(CN(Cc2ccc(-c3ncccn3)cc2)S(=O)(=O)c2cccnc2)c1. The van der Waals surface area contributed by atoms with E-state index in [-0.39, 0.29) is 30.4 Å². The van der Waals surface area contributed by atoms with E-state index in [9.17, 15) is 13.2 Å². The quantitative estimate of drug-likeness (QED) is 0.302. The lowest BCUT2D eigenvalue weighted by molar-refractivity contribution is -0.140. The van der Waals surface area contributed by atoms with E-state index in [1.54, 1.807) is 30.7 Å². The van der Waals surface area contributed by atoms with Crippen LogP contribution in [0, 0.1) is 0 Å². The monoisotopic (exact) mass is 502 g/mol. The fourth-order valence-electron chi connectivity index (χ4n) is 3.72. The van der Waals surface area contributed by atoms with Crippen LogP contribution in [0.25, 0.3) is 11.4 Å². The number of hydrogen-bond acceptors (Lipinski definition) is 7. The minimum absolute atomic E-state index is 0.126. The van der Waals surface area contributed by atoms with Gasteiger partial charge in [0.15, 0.2) is 5.82 Å². The van der Waals surface area contributed by atoms with Gasteiger partial charge in [0.05, 0.1) is 7.11 Å². The Hall–Kier alpha value is -3.95. The average molecular weight is 503 g/mol. The number of hydrogen-bond donors (Lipinski definition) is 0. The molecule has 2 aromatic heterocycles. The molecule has 0 unspecified atom stereocenters. The number of sulfonamides is 1. The van der Waals surface area contributed by atoms with Crippen LogP contribution in [0.15, 0.2) is 96.4 Å². The van der Waals surface area contributed by atoms with E-state index in [0.29, 0.717) is 12.2 Å². The van der Waals surface area contributed by atoms with Crippen molar-refractivity contribution in [2.45, 2.75) is 30.8 Å². The largest absolute Gasteiger partial charge is 0.469 e. The van der Waals surface area contributed by atoms with Crippen molar-refractivity contribution in [3.05, 3.63) is 108 Å². The Labute approximate surface area is 210 Å². The predicted octanol–water partition coefficient (Wildman–Crippen LogP) is 4.04. The summed E-state index contributed by atoms with van der Waals surface area (Å²) in [6, 6.07) is 20.0. The molecule has 0 N–H and O–H groups in total. The number of benzene rings is 2. The number of methoxy groups -OCH3 is 1. The van der Waals surface area contributed by atoms with Crippen LogP contribution in [0.1, 0.15) is 23.1 Å². The molecular weight excluding hydrogens is 476 g/mol. The fraction of sp³-hybridized carbons (Fsp3) is 0.185. The first-order valence-electron chi connectivity index (χ1n) is 11.4. The summed E-state index contributed by atoms with van der Waals surface area (Å²) in [5.41, 5.74) is 3.42. The van der Waals surface area contributed by atoms with Crippen molar-refractivity contribution in [3.63, 3.8) is 0 Å². The van der Waals surface area contributed by atoms with E-state index in [1.165, 1.54) is 23.7 Å². The number of aromatic nitrogens is 3. The molecule has 0 aliphatic heterocycles. The fourth-order valence-corrected chi connectivity index (χ4v) is 5.10. The van der Waals surface area contributed by atoms with Crippen LogP contribution in [0.4, 0.5) is 0 Å². The summed E-state index contributed by atoms with van der Waals surface area (Å²) < 4.78 is 33.3. The van der Waals surface area contributed by atoms with Gasteiger partial charge in [0.2, 0.25) is 10.0 Å². The number of carbonyl (C=O) groups is 1. The highest BCUT2D eigenvalue weighted by molar-refractivity contribution is 7.89. The predicted molar refractivity (Wildman–Crippen MR) is 135 cm³/mol. The lowest BCUT2D eigenvalue weighted by atomic mass is 10.1. The van der Waals surface area contributed by atoms with Crippen molar-refractivity contribution in [3.8, 4) is 11.4 Å². The zero-order chi connectivity index (χ0) is 25.4. The third kappa shape index (κ3) is 6.38. The number of esters is 1. The Morgan fingerprint density at radius 3 is 2.28 bits per heavy atom. The molecule has 8 nitrogen and oxygen atoms in total. The van der Waals surface area contributed by atoms with Crippen LogP contribution < -0.4 is 0 Å². The van der Waals surface area contributed by atoms with Crippen LogP contribution in [-0.2, 0) is 39.1 Å². The lowest BCUT2D eigenvalue weighted by Gasteiger charge is -2.23. The van der Waals surface area contributed by atoms with Gasteiger partial charge in [0, 0.05) is 49.9 Å². The Morgan fingerprint density at radius 2 is 1.58 bits per heavy atom. The Kier molecular flexibility index (Phi) is 8.14. The highest BCUT2D eigenvalue weighted by Crippen LogP contribution is 2.23. The Bertz CT molecular complexity index is 1400. The molecule has 9 heteroatoms. The second kappa shape index (κ2) is 11.7. The minimum Gasteiger partial charge on any atom is -0.469 e. The second-order valence-corrected chi connectivity index (χ2v) is 10.1. The maximum Gasteiger partial charge on any atom is 0.305 e. The van der Waals surface area contributed by atoms with E-state index in [0.717, 1.165) is 22.3 Å². The molecule has 0 aliphatic carbocycles. The molecule has 4 rings (SSSR count). The van der Waals surface area contributed by atoms with Crippen LogP contribution in [0.5, 0.6) is 0 Å². The van der Waals surface area contributed by atoms with E-state index < -0.39 is 10.0 Å². The first-order valence-corrected chi connectivity index (χ1v) is 12.8. The molecule has 0 aliphatic rings. The summed E-state index contributed by atoms with van der Waals surface area (Å²) >= 11 is 0. The second-order valence-electron chi connectivity index (χ2n) is 8.13. The molecule has 4 aromatic rings. The van der Waals surface area contributed by atoms with Crippen molar-refractivity contribution in [1.82, 2.24) is 19.3 Å². The van der Waals surface area contributed by atoms with E-state index in [1.807, 2.05) is 48.5 Å². The van der Waals surface area contributed by atoms with Crippen molar-refractivity contribution in [2.24, 2.45) is 0 Å². The Morgan fingerprint density at radius 1 is 0.861 bits per heavy atom. The molecule has 0 saturated carbocycles. The summed E-state index contributed by atoms with van der Waals surface area (Å²) in [5.74, 6) is 0.318. The van der Waals surface area contributed by atoms with Crippen LogP contribution in [0.3, 0.4) is 0 Å². The number of rotatable bonds is 10. The maximum atomic E-state index is 13.6. The van der Waals surface area contributed by atoms with Gasteiger partial charge in [-0.2, -0.15) is 4.31 Å². The summed E-state index contributed by atoms with van der Waals surface area (Å²) in [6.45, 7) is 0.326.